The topological polar surface area (TPSA) is 50.7 Å². The van der Waals surface area contributed by atoms with Crippen molar-refractivity contribution >= 4 is 33.3 Å². The lowest BCUT2D eigenvalue weighted by atomic mass is 10.3. The van der Waals surface area contributed by atoms with Crippen LogP contribution in [0.1, 0.15) is 13.8 Å². The zero-order chi connectivity index (χ0) is 12.0. The molecule has 4 nitrogen and oxygen atoms in total. The Hall–Kier alpha value is -1.36. The normalized spacial score (nSPS) is 11.1. The number of nitrogens with one attached hydrogen (secondary N) is 1. The molecule has 86 valence electrons. The van der Waals surface area contributed by atoms with Gasteiger partial charge < -0.3 is 4.74 Å². The van der Waals surface area contributed by atoms with Crippen LogP contribution in [-0.2, 0) is 9.53 Å². The van der Waals surface area contributed by atoms with Crippen LogP contribution >= 0.6 is 15.9 Å². The van der Waals surface area contributed by atoms with Gasteiger partial charge >= 0.3 is 5.97 Å². The van der Waals surface area contributed by atoms with Crippen LogP contribution in [0.15, 0.2) is 33.8 Å². The molecule has 0 aromatic heterocycles. The van der Waals surface area contributed by atoms with Gasteiger partial charge in [-0.25, -0.2) is 4.79 Å². The molecule has 1 rings (SSSR count). The summed E-state index contributed by atoms with van der Waals surface area (Å²) >= 11 is 3.33. The van der Waals surface area contributed by atoms with Crippen molar-refractivity contribution in [2.45, 2.75) is 13.8 Å². The average molecular weight is 285 g/mol. The van der Waals surface area contributed by atoms with E-state index in [1.54, 1.807) is 13.8 Å². The summed E-state index contributed by atoms with van der Waals surface area (Å²) in [4.78, 5) is 11.2. The van der Waals surface area contributed by atoms with Crippen LogP contribution in [0.25, 0.3) is 0 Å². The van der Waals surface area contributed by atoms with Gasteiger partial charge in [-0.05, 0) is 38.1 Å². The molecule has 0 unspecified atom stereocenters. The zero-order valence-electron chi connectivity index (χ0n) is 9.16. The Morgan fingerprint density at radius 3 is 2.62 bits per heavy atom. The molecular weight excluding hydrogens is 272 g/mol. The number of hydrazone groups is 1. The fourth-order valence-corrected chi connectivity index (χ4v) is 1.22. The van der Waals surface area contributed by atoms with E-state index in [1.807, 2.05) is 24.3 Å². The smallest absolute Gasteiger partial charge is 0.354 e. The molecule has 0 saturated carbocycles. The van der Waals surface area contributed by atoms with Crippen molar-refractivity contribution in [1.82, 2.24) is 0 Å². The van der Waals surface area contributed by atoms with Gasteiger partial charge in [0.2, 0.25) is 0 Å². The van der Waals surface area contributed by atoms with Crippen LogP contribution in [0, 0.1) is 0 Å². The van der Waals surface area contributed by atoms with Crippen LogP contribution in [0.5, 0.6) is 0 Å². The highest BCUT2D eigenvalue weighted by molar-refractivity contribution is 9.10. The number of rotatable bonds is 4. The summed E-state index contributed by atoms with van der Waals surface area (Å²) in [6.45, 7) is 3.71. The van der Waals surface area contributed by atoms with E-state index in [1.165, 1.54) is 0 Å². The number of anilines is 1. The van der Waals surface area contributed by atoms with E-state index in [2.05, 4.69) is 26.5 Å². The average Bonchev–Trinajstić information content (AvgIpc) is 2.28. The predicted octanol–water partition coefficient (Wildman–Crippen LogP) is 2.80. The highest BCUT2D eigenvalue weighted by atomic mass is 79.9. The van der Waals surface area contributed by atoms with Gasteiger partial charge in [-0.3, -0.25) is 5.43 Å². The van der Waals surface area contributed by atoms with E-state index < -0.39 is 5.97 Å². The molecule has 0 aliphatic heterocycles. The summed E-state index contributed by atoms with van der Waals surface area (Å²) in [5.74, 6) is -0.410. The highest BCUT2D eigenvalue weighted by Crippen LogP contribution is 2.13. The van der Waals surface area contributed by atoms with Gasteiger partial charge in [0.15, 0.2) is 0 Å². The van der Waals surface area contributed by atoms with Crippen LogP contribution in [0.4, 0.5) is 5.69 Å². The van der Waals surface area contributed by atoms with Gasteiger partial charge in [0.05, 0.1) is 12.3 Å². The van der Waals surface area contributed by atoms with Crippen molar-refractivity contribution in [2.75, 3.05) is 12.0 Å². The van der Waals surface area contributed by atoms with E-state index >= 15 is 0 Å². The third-order valence-corrected chi connectivity index (χ3v) is 2.30. The van der Waals surface area contributed by atoms with Crippen LogP contribution in [0.3, 0.4) is 0 Å². The Morgan fingerprint density at radius 2 is 2.06 bits per heavy atom. The maximum Gasteiger partial charge on any atom is 0.354 e. The maximum absolute atomic E-state index is 11.2. The summed E-state index contributed by atoms with van der Waals surface area (Å²) in [6, 6.07) is 7.48. The molecule has 0 spiro atoms. The van der Waals surface area contributed by atoms with Crippen molar-refractivity contribution < 1.29 is 9.53 Å². The summed E-state index contributed by atoms with van der Waals surface area (Å²) in [7, 11) is 0. The maximum atomic E-state index is 11.2. The lowest BCUT2D eigenvalue weighted by Crippen LogP contribution is -2.15. The summed E-state index contributed by atoms with van der Waals surface area (Å²) in [6.07, 6.45) is 0. The van der Waals surface area contributed by atoms with Crippen LogP contribution < -0.4 is 5.43 Å². The molecule has 0 heterocycles. The second-order valence-corrected chi connectivity index (χ2v) is 3.95. The fraction of sp³-hybridized carbons (Fsp3) is 0.273. The van der Waals surface area contributed by atoms with Crippen molar-refractivity contribution in [3.05, 3.63) is 28.7 Å². The quantitative estimate of drug-likeness (QED) is 0.526. The number of hydrogen-bond acceptors (Lipinski definition) is 4. The van der Waals surface area contributed by atoms with E-state index in [0.29, 0.717) is 12.3 Å². The van der Waals surface area contributed by atoms with Gasteiger partial charge in [0, 0.05) is 4.47 Å². The molecule has 0 bridgehead atoms. The molecule has 0 aliphatic carbocycles. The predicted molar refractivity (Wildman–Crippen MR) is 67.5 cm³/mol. The molecule has 0 radical (unpaired) electrons. The Labute approximate surface area is 103 Å². The number of esters is 1. The SMILES string of the molecule is CCOC(=O)/C(C)=N\Nc1ccc(Br)cc1. The van der Waals surface area contributed by atoms with Crippen molar-refractivity contribution in [1.29, 1.82) is 0 Å². The number of halogens is 1. The molecule has 0 saturated heterocycles. The summed E-state index contributed by atoms with van der Waals surface area (Å²) in [5, 5.41) is 3.92. The number of benzene rings is 1. The number of nitrogens with zero attached hydrogens (tertiary/aromatic N) is 1. The molecule has 0 fully saturated rings. The molecule has 1 N–H and O–H groups in total. The Balaban J connectivity index is 2.58. The van der Waals surface area contributed by atoms with E-state index in [4.69, 9.17) is 4.74 Å². The second-order valence-electron chi connectivity index (χ2n) is 3.04. The van der Waals surface area contributed by atoms with Gasteiger partial charge in [0.1, 0.15) is 5.71 Å². The van der Waals surface area contributed by atoms with Crippen molar-refractivity contribution in [3.8, 4) is 0 Å². The zero-order valence-corrected chi connectivity index (χ0v) is 10.7. The second kappa shape index (κ2) is 6.27. The minimum atomic E-state index is -0.410. The molecule has 5 heteroatoms. The first-order chi connectivity index (χ1) is 7.63. The highest BCUT2D eigenvalue weighted by Gasteiger charge is 2.05. The third-order valence-electron chi connectivity index (χ3n) is 1.77. The first-order valence-corrected chi connectivity index (χ1v) is 5.65. The minimum Gasteiger partial charge on any atom is -0.461 e. The van der Waals surface area contributed by atoms with Gasteiger partial charge in [-0.2, -0.15) is 5.10 Å². The van der Waals surface area contributed by atoms with E-state index in [-0.39, 0.29) is 0 Å². The lowest BCUT2D eigenvalue weighted by Gasteiger charge is -2.03. The van der Waals surface area contributed by atoms with E-state index in [0.717, 1.165) is 10.2 Å². The standard InChI is InChI=1S/C11H13BrN2O2/c1-3-16-11(15)8(2)13-14-10-6-4-9(12)5-7-10/h4-7,14H,3H2,1-2H3/b13-8-. The number of ether oxygens (including phenoxy) is 1. The lowest BCUT2D eigenvalue weighted by molar-refractivity contribution is -0.135. The van der Waals surface area contributed by atoms with Gasteiger partial charge in [0.25, 0.3) is 0 Å². The monoisotopic (exact) mass is 284 g/mol. The van der Waals surface area contributed by atoms with Crippen molar-refractivity contribution in [3.63, 3.8) is 0 Å². The summed E-state index contributed by atoms with van der Waals surface area (Å²) in [5.41, 5.74) is 3.89. The van der Waals surface area contributed by atoms with Gasteiger partial charge in [-0.15, -0.1) is 0 Å². The molecule has 0 atom stereocenters. The Bertz CT molecular complexity index is 387. The molecule has 16 heavy (non-hydrogen) atoms. The Morgan fingerprint density at radius 1 is 1.44 bits per heavy atom. The largest absolute Gasteiger partial charge is 0.461 e. The third kappa shape index (κ3) is 4.02. The first kappa shape index (κ1) is 12.7. The van der Waals surface area contributed by atoms with Crippen LogP contribution in [-0.4, -0.2) is 18.3 Å². The molecule has 0 aliphatic rings. The first-order valence-electron chi connectivity index (χ1n) is 4.86. The van der Waals surface area contributed by atoms with Crippen molar-refractivity contribution in [2.24, 2.45) is 5.10 Å². The fourth-order valence-electron chi connectivity index (χ4n) is 0.954. The molecule has 0 amide bonds. The van der Waals surface area contributed by atoms with Gasteiger partial charge in [-0.1, -0.05) is 15.9 Å². The Kier molecular flexibility index (Phi) is 4.98. The minimum absolute atomic E-state index is 0.296. The van der Waals surface area contributed by atoms with Crippen LogP contribution in [0.2, 0.25) is 0 Å². The summed E-state index contributed by atoms with van der Waals surface area (Å²) < 4.78 is 5.78. The number of carbonyl (C=O) groups is 1. The molecular formula is C11H13BrN2O2. The number of carbonyl (C=O) groups excluding carboxylic acids is 1. The molecule has 1 aromatic rings. The van der Waals surface area contributed by atoms with E-state index in [9.17, 15) is 4.79 Å². The number of hydrogen-bond donors (Lipinski definition) is 1. The molecule has 1 aromatic carbocycles.